The fraction of sp³-hybridized carbons (Fsp3) is 0.950. The number of rotatable bonds is 2. The first-order chi connectivity index (χ1) is 10.2. The van der Waals surface area contributed by atoms with Gasteiger partial charge in [-0.1, -0.05) is 27.2 Å². The Hall–Kier alpha value is -0.370. The fourth-order valence-corrected chi connectivity index (χ4v) is 6.75. The topological polar surface area (TPSA) is 26.3 Å². The van der Waals surface area contributed by atoms with Crippen molar-refractivity contribution in [3.63, 3.8) is 0 Å². The van der Waals surface area contributed by atoms with Gasteiger partial charge < -0.3 is 9.53 Å². The first kappa shape index (κ1) is 16.5. The number of ether oxygens (including phenoxy) is 1. The van der Waals surface area contributed by atoms with E-state index in [4.69, 9.17) is 4.74 Å². The lowest BCUT2D eigenvalue weighted by atomic mass is 9.44. The molecule has 0 radical (unpaired) electrons. The molecular weight excluding hydrogens is 272 g/mol. The van der Waals surface area contributed by atoms with E-state index in [1.165, 1.54) is 32.1 Å². The summed E-state index contributed by atoms with van der Waals surface area (Å²) in [6, 6.07) is 0. The number of hydrogen-bond acceptors (Lipinski definition) is 2. The minimum Gasteiger partial charge on any atom is -0.368 e. The molecule has 2 saturated carbocycles. The summed E-state index contributed by atoms with van der Waals surface area (Å²) < 4.78 is 6.66. The second-order valence-electron chi connectivity index (χ2n) is 9.77. The summed E-state index contributed by atoms with van der Waals surface area (Å²) >= 11 is 0. The monoisotopic (exact) mass is 306 g/mol. The minimum atomic E-state index is -0.236. The van der Waals surface area contributed by atoms with E-state index in [-0.39, 0.29) is 11.2 Å². The molecule has 22 heavy (non-hydrogen) atoms. The molecule has 1 saturated heterocycles. The SMILES string of the molecule is CC1(C)CCC[C@]2(C)[C@@H]1CC[C@]1(C)O[C@@](C)(CC=O)CC[C@H]21. The molecule has 0 unspecified atom stereocenters. The molecule has 2 heteroatoms. The molecule has 0 aromatic heterocycles. The van der Waals surface area contributed by atoms with Crippen molar-refractivity contribution in [3.05, 3.63) is 0 Å². The summed E-state index contributed by atoms with van der Waals surface area (Å²) in [7, 11) is 0. The standard InChI is InChI=1S/C20H34O2/c1-17(2)9-6-10-19(4)15(17)8-12-20(5)16(19)7-11-18(3,22-20)13-14-21/h14-16H,6-13H2,1-5H3/t15-,16-,18-,19-,20+/m1/s1. The average Bonchev–Trinajstić information content (AvgIpc) is 2.36. The maximum Gasteiger partial charge on any atom is 0.122 e. The third-order valence-corrected chi connectivity index (χ3v) is 7.70. The highest BCUT2D eigenvalue weighted by Crippen LogP contribution is 2.65. The van der Waals surface area contributed by atoms with Crippen LogP contribution in [0.3, 0.4) is 0 Å². The van der Waals surface area contributed by atoms with Crippen molar-refractivity contribution in [1.29, 1.82) is 0 Å². The van der Waals surface area contributed by atoms with Crippen molar-refractivity contribution in [3.8, 4) is 0 Å². The number of aldehydes is 1. The molecular formula is C20H34O2. The first-order valence-corrected chi connectivity index (χ1v) is 9.29. The highest BCUT2D eigenvalue weighted by Gasteiger charge is 2.61. The van der Waals surface area contributed by atoms with Gasteiger partial charge in [-0.3, -0.25) is 0 Å². The average molecular weight is 306 g/mol. The van der Waals surface area contributed by atoms with Gasteiger partial charge in [0.2, 0.25) is 0 Å². The van der Waals surface area contributed by atoms with Crippen LogP contribution in [0.1, 0.15) is 86.0 Å². The van der Waals surface area contributed by atoms with Crippen LogP contribution in [-0.4, -0.2) is 17.5 Å². The van der Waals surface area contributed by atoms with Gasteiger partial charge in [-0.05, 0) is 75.0 Å². The van der Waals surface area contributed by atoms with E-state index in [0.717, 1.165) is 25.0 Å². The maximum atomic E-state index is 11.0. The van der Waals surface area contributed by atoms with Gasteiger partial charge in [-0.15, -0.1) is 0 Å². The summed E-state index contributed by atoms with van der Waals surface area (Å²) in [4.78, 5) is 11.0. The molecule has 2 nitrogen and oxygen atoms in total. The molecule has 1 aliphatic heterocycles. The van der Waals surface area contributed by atoms with Crippen LogP contribution in [0.25, 0.3) is 0 Å². The lowest BCUT2D eigenvalue weighted by molar-refractivity contribution is -0.264. The lowest BCUT2D eigenvalue weighted by Crippen LogP contribution is -2.62. The number of hydrogen-bond donors (Lipinski definition) is 0. The van der Waals surface area contributed by atoms with Gasteiger partial charge in [0.05, 0.1) is 11.2 Å². The third-order valence-electron chi connectivity index (χ3n) is 7.70. The van der Waals surface area contributed by atoms with Gasteiger partial charge in [0.15, 0.2) is 0 Å². The molecule has 1 heterocycles. The first-order valence-electron chi connectivity index (χ1n) is 9.29. The van der Waals surface area contributed by atoms with Crippen molar-refractivity contribution in [2.75, 3.05) is 0 Å². The fourth-order valence-electron chi connectivity index (χ4n) is 6.75. The molecule has 0 bridgehead atoms. The van der Waals surface area contributed by atoms with E-state index >= 15 is 0 Å². The Bertz CT molecular complexity index is 457. The zero-order valence-electron chi connectivity index (χ0n) is 15.2. The Kier molecular flexibility index (Phi) is 3.79. The van der Waals surface area contributed by atoms with Gasteiger partial charge >= 0.3 is 0 Å². The van der Waals surface area contributed by atoms with Gasteiger partial charge in [0, 0.05) is 6.42 Å². The van der Waals surface area contributed by atoms with Crippen molar-refractivity contribution in [1.82, 2.24) is 0 Å². The summed E-state index contributed by atoms with van der Waals surface area (Å²) in [6.45, 7) is 12.0. The van der Waals surface area contributed by atoms with Crippen LogP contribution in [-0.2, 0) is 9.53 Å². The molecule has 2 aliphatic carbocycles. The summed E-state index contributed by atoms with van der Waals surface area (Å²) in [5.74, 6) is 1.48. The van der Waals surface area contributed by atoms with Crippen molar-refractivity contribution in [2.45, 2.75) is 97.2 Å². The lowest BCUT2D eigenvalue weighted by Gasteiger charge is -2.65. The van der Waals surface area contributed by atoms with Crippen LogP contribution in [0.2, 0.25) is 0 Å². The molecule has 3 fully saturated rings. The number of carbonyl (C=O) groups is 1. The van der Waals surface area contributed by atoms with Crippen molar-refractivity contribution < 1.29 is 9.53 Å². The van der Waals surface area contributed by atoms with Crippen LogP contribution < -0.4 is 0 Å². The molecule has 0 aromatic carbocycles. The Morgan fingerprint density at radius 2 is 1.64 bits per heavy atom. The molecule has 126 valence electrons. The highest BCUT2D eigenvalue weighted by molar-refractivity contribution is 5.51. The molecule has 3 rings (SSSR count). The Morgan fingerprint density at radius 3 is 2.32 bits per heavy atom. The van der Waals surface area contributed by atoms with Crippen LogP contribution >= 0.6 is 0 Å². The van der Waals surface area contributed by atoms with E-state index in [1.54, 1.807) is 0 Å². The van der Waals surface area contributed by atoms with E-state index in [0.29, 0.717) is 23.2 Å². The quantitative estimate of drug-likeness (QED) is 0.660. The number of carbonyl (C=O) groups excluding carboxylic acids is 1. The Labute approximate surface area is 136 Å². The van der Waals surface area contributed by atoms with E-state index in [1.807, 2.05) is 0 Å². The maximum absolute atomic E-state index is 11.0. The highest BCUT2D eigenvalue weighted by atomic mass is 16.5. The molecule has 0 aromatic rings. The van der Waals surface area contributed by atoms with Gasteiger partial charge in [0.1, 0.15) is 6.29 Å². The van der Waals surface area contributed by atoms with E-state index in [2.05, 4.69) is 34.6 Å². The molecule has 0 N–H and O–H groups in total. The largest absolute Gasteiger partial charge is 0.368 e. The predicted molar refractivity (Wildman–Crippen MR) is 89.8 cm³/mol. The summed E-state index contributed by atoms with van der Waals surface area (Å²) in [5, 5.41) is 0. The van der Waals surface area contributed by atoms with Crippen LogP contribution in [0.4, 0.5) is 0 Å². The second kappa shape index (κ2) is 5.06. The van der Waals surface area contributed by atoms with Gasteiger partial charge in [-0.25, -0.2) is 0 Å². The third kappa shape index (κ3) is 2.37. The zero-order valence-corrected chi connectivity index (χ0v) is 15.2. The van der Waals surface area contributed by atoms with E-state index in [9.17, 15) is 4.79 Å². The van der Waals surface area contributed by atoms with Crippen LogP contribution in [0.5, 0.6) is 0 Å². The second-order valence-corrected chi connectivity index (χ2v) is 9.77. The molecule has 0 spiro atoms. The van der Waals surface area contributed by atoms with Crippen LogP contribution in [0.15, 0.2) is 0 Å². The van der Waals surface area contributed by atoms with E-state index < -0.39 is 0 Å². The smallest absolute Gasteiger partial charge is 0.122 e. The predicted octanol–water partition coefficient (Wildman–Crippen LogP) is 5.15. The van der Waals surface area contributed by atoms with Gasteiger partial charge in [0.25, 0.3) is 0 Å². The molecule has 3 aliphatic rings. The Morgan fingerprint density at radius 1 is 0.955 bits per heavy atom. The molecule has 0 amide bonds. The summed E-state index contributed by atoms with van der Waals surface area (Å²) in [6.07, 6.45) is 10.4. The van der Waals surface area contributed by atoms with Crippen LogP contribution in [0, 0.1) is 22.7 Å². The summed E-state index contributed by atoms with van der Waals surface area (Å²) in [5.41, 5.74) is 0.615. The minimum absolute atomic E-state index is 0.0331. The Balaban J connectivity index is 1.90. The van der Waals surface area contributed by atoms with Crippen molar-refractivity contribution >= 4 is 6.29 Å². The number of fused-ring (bicyclic) bond motifs is 3. The zero-order chi connectivity index (χ0) is 16.2. The van der Waals surface area contributed by atoms with Gasteiger partial charge in [-0.2, -0.15) is 0 Å². The molecule has 5 atom stereocenters. The van der Waals surface area contributed by atoms with Crippen molar-refractivity contribution in [2.24, 2.45) is 22.7 Å². The normalized spacial score (nSPS) is 50.8.